The first-order valence-electron chi connectivity index (χ1n) is 4.82. The van der Waals surface area contributed by atoms with Crippen LogP contribution < -0.4 is 11.2 Å². The molecule has 0 fully saturated rings. The molecule has 2 rings (SSSR count). The van der Waals surface area contributed by atoms with Crippen LogP contribution in [-0.2, 0) is 0 Å². The van der Waals surface area contributed by atoms with Crippen LogP contribution in [0.25, 0.3) is 5.69 Å². The second-order valence-electron chi connectivity index (χ2n) is 3.13. The molecular formula is C10H10N6S. The molecule has 3 N–H and O–H groups in total. The largest absolute Gasteiger partial charge is 0.375 e. The maximum absolute atomic E-state index is 5.22. The molecule has 0 aliphatic carbocycles. The van der Waals surface area contributed by atoms with Crippen molar-refractivity contribution < 1.29 is 0 Å². The number of benzene rings is 1. The summed E-state index contributed by atoms with van der Waals surface area (Å²) in [5, 5.41) is 12.2. The number of nitrogens with zero attached hydrogens (tertiary/aromatic N) is 4. The monoisotopic (exact) mass is 246 g/mol. The molecule has 0 radical (unpaired) electrons. The Morgan fingerprint density at radius 3 is 2.88 bits per heavy atom. The minimum absolute atomic E-state index is 0.108. The Hall–Kier alpha value is -2.28. The van der Waals surface area contributed by atoms with Gasteiger partial charge in [0.25, 0.3) is 0 Å². The van der Waals surface area contributed by atoms with E-state index in [1.807, 2.05) is 30.3 Å². The molecule has 0 saturated carbocycles. The molecule has 0 spiro atoms. The molecule has 0 unspecified atom stereocenters. The van der Waals surface area contributed by atoms with E-state index in [1.54, 1.807) is 6.20 Å². The standard InChI is InChI=1S/C10H10N6S/c11-10(17)14-12-6-8-7-13-16(15-8)9-4-2-1-3-5-9/h1-7H,(H3,11,14,17)/b12-6+. The number of rotatable bonds is 3. The van der Waals surface area contributed by atoms with Gasteiger partial charge in [0, 0.05) is 0 Å². The summed E-state index contributed by atoms with van der Waals surface area (Å²) in [6.45, 7) is 0. The van der Waals surface area contributed by atoms with Crippen molar-refractivity contribution in [3.05, 3.63) is 42.2 Å². The van der Waals surface area contributed by atoms with Gasteiger partial charge >= 0.3 is 0 Å². The highest BCUT2D eigenvalue weighted by atomic mass is 32.1. The van der Waals surface area contributed by atoms with Gasteiger partial charge in [-0.25, -0.2) is 0 Å². The molecule has 0 amide bonds. The molecule has 7 heteroatoms. The van der Waals surface area contributed by atoms with Crippen molar-refractivity contribution >= 4 is 23.5 Å². The Morgan fingerprint density at radius 2 is 2.18 bits per heavy atom. The van der Waals surface area contributed by atoms with E-state index in [0.717, 1.165) is 5.69 Å². The molecule has 86 valence electrons. The summed E-state index contributed by atoms with van der Waals surface area (Å²) in [6, 6.07) is 9.59. The van der Waals surface area contributed by atoms with Crippen molar-refractivity contribution in [1.29, 1.82) is 0 Å². The molecule has 0 aliphatic heterocycles. The van der Waals surface area contributed by atoms with E-state index in [0.29, 0.717) is 5.69 Å². The Balaban J connectivity index is 2.11. The van der Waals surface area contributed by atoms with E-state index in [2.05, 4.69) is 32.9 Å². The van der Waals surface area contributed by atoms with Gasteiger partial charge in [-0.05, 0) is 24.4 Å². The minimum Gasteiger partial charge on any atom is -0.375 e. The number of hydrazone groups is 1. The number of aromatic nitrogens is 3. The van der Waals surface area contributed by atoms with Crippen LogP contribution in [-0.4, -0.2) is 26.3 Å². The summed E-state index contributed by atoms with van der Waals surface area (Å²) in [6.07, 6.45) is 3.09. The molecule has 1 aromatic carbocycles. The maximum Gasteiger partial charge on any atom is 0.184 e. The molecule has 1 heterocycles. The van der Waals surface area contributed by atoms with E-state index >= 15 is 0 Å². The first-order valence-corrected chi connectivity index (χ1v) is 5.23. The summed E-state index contributed by atoms with van der Waals surface area (Å²) in [5.41, 5.74) is 9.16. The van der Waals surface area contributed by atoms with E-state index < -0.39 is 0 Å². The lowest BCUT2D eigenvalue weighted by Gasteiger charge is -1.96. The Morgan fingerprint density at radius 1 is 1.41 bits per heavy atom. The Labute approximate surface area is 103 Å². The number of hydrogen-bond acceptors (Lipinski definition) is 4. The quantitative estimate of drug-likeness (QED) is 0.466. The van der Waals surface area contributed by atoms with Crippen LogP contribution >= 0.6 is 12.2 Å². The average Bonchev–Trinajstić information content (AvgIpc) is 2.78. The van der Waals surface area contributed by atoms with Crippen LogP contribution in [0.2, 0.25) is 0 Å². The first-order chi connectivity index (χ1) is 8.25. The number of nitrogens with two attached hydrogens (primary N) is 1. The molecule has 6 nitrogen and oxygen atoms in total. The van der Waals surface area contributed by atoms with Crippen molar-refractivity contribution in [2.24, 2.45) is 10.8 Å². The lowest BCUT2D eigenvalue weighted by atomic mass is 10.3. The van der Waals surface area contributed by atoms with Gasteiger partial charge < -0.3 is 5.73 Å². The zero-order valence-corrected chi connectivity index (χ0v) is 9.63. The predicted octanol–water partition coefficient (Wildman–Crippen LogP) is 0.434. The smallest absolute Gasteiger partial charge is 0.184 e. The highest BCUT2D eigenvalue weighted by molar-refractivity contribution is 7.80. The number of thiocarbonyl (C=S) groups is 1. The fourth-order valence-corrected chi connectivity index (χ4v) is 1.23. The van der Waals surface area contributed by atoms with Gasteiger partial charge in [0.15, 0.2) is 5.11 Å². The van der Waals surface area contributed by atoms with Crippen molar-refractivity contribution in [3.63, 3.8) is 0 Å². The molecule has 2 aromatic rings. The fourth-order valence-electron chi connectivity index (χ4n) is 1.18. The van der Waals surface area contributed by atoms with Gasteiger partial charge in [-0.3, -0.25) is 5.43 Å². The molecule has 0 bridgehead atoms. The average molecular weight is 246 g/mol. The summed E-state index contributed by atoms with van der Waals surface area (Å²) >= 11 is 4.60. The molecule has 17 heavy (non-hydrogen) atoms. The van der Waals surface area contributed by atoms with Gasteiger partial charge in [-0.1, -0.05) is 18.2 Å². The van der Waals surface area contributed by atoms with Gasteiger partial charge in [0.1, 0.15) is 5.69 Å². The molecule has 1 aromatic heterocycles. The fraction of sp³-hybridized carbons (Fsp3) is 0. The van der Waals surface area contributed by atoms with Crippen molar-refractivity contribution in [2.75, 3.05) is 0 Å². The van der Waals surface area contributed by atoms with E-state index in [4.69, 9.17) is 5.73 Å². The number of nitrogens with one attached hydrogen (secondary N) is 1. The van der Waals surface area contributed by atoms with E-state index in [1.165, 1.54) is 11.0 Å². The lowest BCUT2D eigenvalue weighted by molar-refractivity contribution is 0.750. The first kappa shape index (κ1) is 11.2. The summed E-state index contributed by atoms with van der Waals surface area (Å²) < 4.78 is 0. The molecular weight excluding hydrogens is 236 g/mol. The second kappa shape index (κ2) is 5.17. The van der Waals surface area contributed by atoms with Gasteiger partial charge in [0.05, 0.1) is 18.1 Å². The van der Waals surface area contributed by atoms with Crippen LogP contribution in [0.1, 0.15) is 5.69 Å². The van der Waals surface area contributed by atoms with Gasteiger partial charge in [0.2, 0.25) is 0 Å². The van der Waals surface area contributed by atoms with E-state index in [9.17, 15) is 0 Å². The Kier molecular flexibility index (Phi) is 3.41. The SMILES string of the molecule is NC(=S)N/N=C/c1cnn(-c2ccccc2)n1. The van der Waals surface area contributed by atoms with Gasteiger partial charge in [-0.2, -0.15) is 15.0 Å². The van der Waals surface area contributed by atoms with Crippen molar-refractivity contribution in [1.82, 2.24) is 20.4 Å². The summed E-state index contributed by atoms with van der Waals surface area (Å²) in [5.74, 6) is 0. The van der Waals surface area contributed by atoms with Gasteiger partial charge in [-0.15, -0.1) is 5.10 Å². The highest BCUT2D eigenvalue weighted by Gasteiger charge is 1.99. The maximum atomic E-state index is 5.22. The lowest BCUT2D eigenvalue weighted by Crippen LogP contribution is -2.24. The van der Waals surface area contributed by atoms with Crippen molar-refractivity contribution in [3.8, 4) is 5.69 Å². The van der Waals surface area contributed by atoms with E-state index in [-0.39, 0.29) is 5.11 Å². The van der Waals surface area contributed by atoms with Crippen molar-refractivity contribution in [2.45, 2.75) is 0 Å². The topological polar surface area (TPSA) is 81.1 Å². The Bertz CT molecular complexity index is 533. The zero-order chi connectivity index (χ0) is 12.1. The van der Waals surface area contributed by atoms with Crippen LogP contribution in [0.4, 0.5) is 0 Å². The highest BCUT2D eigenvalue weighted by Crippen LogP contribution is 2.02. The van der Waals surface area contributed by atoms with Crippen LogP contribution in [0, 0.1) is 0 Å². The third-order valence-electron chi connectivity index (χ3n) is 1.87. The third-order valence-corrected chi connectivity index (χ3v) is 1.96. The second-order valence-corrected chi connectivity index (χ2v) is 3.57. The number of para-hydroxylation sites is 1. The summed E-state index contributed by atoms with van der Waals surface area (Å²) in [7, 11) is 0. The molecule has 0 saturated heterocycles. The third kappa shape index (κ3) is 3.08. The van der Waals surface area contributed by atoms with Crippen LogP contribution in [0.3, 0.4) is 0 Å². The number of hydrogen-bond donors (Lipinski definition) is 2. The summed E-state index contributed by atoms with van der Waals surface area (Å²) in [4.78, 5) is 1.52. The normalized spacial score (nSPS) is 10.6. The van der Waals surface area contributed by atoms with Crippen LogP contribution in [0.15, 0.2) is 41.6 Å². The van der Waals surface area contributed by atoms with Crippen LogP contribution in [0.5, 0.6) is 0 Å². The molecule has 0 aliphatic rings. The minimum atomic E-state index is 0.108. The molecule has 0 atom stereocenters. The zero-order valence-electron chi connectivity index (χ0n) is 8.82. The predicted molar refractivity (Wildman–Crippen MR) is 68.9 cm³/mol.